The number of ketones is 1. The largest absolute Gasteiger partial charge is 0.481 e. The molecule has 1 unspecified atom stereocenters. The molecule has 3 N–H and O–H groups in total. The minimum absolute atomic E-state index is 0.241. The molecule has 1 rings (SSSR count). The van der Waals surface area contributed by atoms with Gasteiger partial charge in [-0.05, 0) is 37.2 Å². The zero-order chi connectivity index (χ0) is 12.8. The molecule has 0 aromatic heterocycles. The van der Waals surface area contributed by atoms with Crippen molar-refractivity contribution in [2.24, 2.45) is 11.7 Å². The van der Waals surface area contributed by atoms with Gasteiger partial charge in [-0.25, -0.2) is 4.39 Å². The molecular formula is C12H14FNO3. The van der Waals surface area contributed by atoms with Gasteiger partial charge in [-0.3, -0.25) is 9.59 Å². The van der Waals surface area contributed by atoms with Gasteiger partial charge in [0, 0.05) is 11.5 Å². The van der Waals surface area contributed by atoms with E-state index in [1.807, 2.05) is 0 Å². The van der Waals surface area contributed by atoms with Crippen LogP contribution in [0, 0.1) is 11.7 Å². The molecule has 0 aliphatic carbocycles. The summed E-state index contributed by atoms with van der Waals surface area (Å²) >= 11 is 0. The number of carboxylic acid groups (broad SMARTS) is 1. The molecule has 92 valence electrons. The van der Waals surface area contributed by atoms with Crippen molar-refractivity contribution in [3.63, 3.8) is 0 Å². The molecule has 0 aliphatic heterocycles. The van der Waals surface area contributed by atoms with Crippen LogP contribution in [0.2, 0.25) is 0 Å². The number of rotatable bonds is 6. The average molecular weight is 239 g/mol. The summed E-state index contributed by atoms with van der Waals surface area (Å²) in [6.45, 7) is 0.241. The van der Waals surface area contributed by atoms with E-state index in [1.165, 1.54) is 24.3 Å². The lowest BCUT2D eigenvalue weighted by atomic mass is 9.92. The molecule has 4 nitrogen and oxygen atoms in total. The molecule has 1 aromatic carbocycles. The first-order chi connectivity index (χ1) is 8.04. The summed E-state index contributed by atoms with van der Waals surface area (Å²) in [5.41, 5.74) is 5.65. The minimum atomic E-state index is -1.04. The van der Waals surface area contributed by atoms with E-state index in [4.69, 9.17) is 10.8 Å². The van der Waals surface area contributed by atoms with Gasteiger partial charge in [0.15, 0.2) is 5.78 Å². The van der Waals surface area contributed by atoms with E-state index in [-0.39, 0.29) is 18.7 Å². The van der Waals surface area contributed by atoms with Crippen molar-refractivity contribution in [2.75, 3.05) is 6.54 Å². The number of Topliss-reactive ketones (excluding diaryl/α,β-unsaturated/α-hetero) is 1. The van der Waals surface area contributed by atoms with Crippen LogP contribution in [0.5, 0.6) is 0 Å². The summed E-state index contributed by atoms with van der Waals surface area (Å²) in [5.74, 6) is -2.44. The fourth-order valence-corrected chi connectivity index (χ4v) is 1.59. The van der Waals surface area contributed by atoms with Gasteiger partial charge in [0.2, 0.25) is 0 Å². The summed E-state index contributed by atoms with van der Waals surface area (Å²) in [7, 11) is 0. The monoisotopic (exact) mass is 239 g/mol. The van der Waals surface area contributed by atoms with Gasteiger partial charge in [0.1, 0.15) is 5.82 Å². The van der Waals surface area contributed by atoms with Gasteiger partial charge in [-0.1, -0.05) is 0 Å². The van der Waals surface area contributed by atoms with Crippen molar-refractivity contribution in [3.05, 3.63) is 35.6 Å². The van der Waals surface area contributed by atoms with Crippen molar-refractivity contribution in [1.82, 2.24) is 0 Å². The normalized spacial score (nSPS) is 12.1. The molecule has 0 heterocycles. The molecule has 0 fully saturated rings. The smallest absolute Gasteiger partial charge is 0.304 e. The second kappa shape index (κ2) is 6.10. The van der Waals surface area contributed by atoms with Gasteiger partial charge < -0.3 is 10.8 Å². The Labute approximate surface area is 98.2 Å². The van der Waals surface area contributed by atoms with Crippen LogP contribution in [0.1, 0.15) is 23.2 Å². The number of benzene rings is 1. The summed E-state index contributed by atoms with van der Waals surface area (Å²) in [5, 5.41) is 8.70. The average Bonchev–Trinajstić information content (AvgIpc) is 2.28. The third-order valence-corrected chi connectivity index (χ3v) is 2.44. The molecule has 0 spiro atoms. The molecule has 0 saturated carbocycles. The summed E-state index contributed by atoms with van der Waals surface area (Å²) < 4.78 is 12.7. The maximum absolute atomic E-state index is 12.7. The van der Waals surface area contributed by atoms with E-state index in [9.17, 15) is 14.0 Å². The molecule has 0 amide bonds. The Morgan fingerprint density at radius 3 is 2.35 bits per heavy atom. The highest BCUT2D eigenvalue weighted by Crippen LogP contribution is 2.16. The minimum Gasteiger partial charge on any atom is -0.481 e. The highest BCUT2D eigenvalue weighted by molar-refractivity contribution is 5.99. The zero-order valence-electron chi connectivity index (χ0n) is 9.23. The summed E-state index contributed by atoms with van der Waals surface area (Å²) in [6, 6.07) is 5.05. The number of nitrogens with two attached hydrogens (primary N) is 1. The number of halogens is 1. The maximum Gasteiger partial charge on any atom is 0.304 e. The van der Waals surface area contributed by atoms with Crippen LogP contribution in [0.3, 0.4) is 0 Å². The Kier molecular flexibility index (Phi) is 4.78. The fraction of sp³-hybridized carbons (Fsp3) is 0.333. The molecule has 1 aromatic rings. The predicted octanol–water partition coefficient (Wildman–Crippen LogP) is 1.45. The van der Waals surface area contributed by atoms with Gasteiger partial charge in [-0.2, -0.15) is 0 Å². The topological polar surface area (TPSA) is 80.4 Å². The van der Waals surface area contributed by atoms with Crippen molar-refractivity contribution >= 4 is 11.8 Å². The third-order valence-electron chi connectivity index (χ3n) is 2.44. The lowest BCUT2D eigenvalue weighted by Crippen LogP contribution is -2.21. The molecule has 0 radical (unpaired) electrons. The molecular weight excluding hydrogens is 225 g/mol. The van der Waals surface area contributed by atoms with E-state index < -0.39 is 17.7 Å². The first kappa shape index (κ1) is 13.3. The van der Waals surface area contributed by atoms with Gasteiger partial charge in [0.25, 0.3) is 0 Å². The van der Waals surface area contributed by atoms with Crippen molar-refractivity contribution in [2.45, 2.75) is 12.8 Å². The van der Waals surface area contributed by atoms with E-state index in [0.29, 0.717) is 12.0 Å². The molecule has 0 bridgehead atoms. The highest BCUT2D eigenvalue weighted by Gasteiger charge is 2.22. The van der Waals surface area contributed by atoms with Gasteiger partial charge in [-0.15, -0.1) is 0 Å². The fourth-order valence-electron chi connectivity index (χ4n) is 1.59. The number of hydrogen-bond donors (Lipinski definition) is 2. The second-order valence-electron chi connectivity index (χ2n) is 3.74. The lowest BCUT2D eigenvalue weighted by Gasteiger charge is -2.12. The predicted molar refractivity (Wildman–Crippen MR) is 60.1 cm³/mol. The quantitative estimate of drug-likeness (QED) is 0.736. The van der Waals surface area contributed by atoms with Gasteiger partial charge >= 0.3 is 5.97 Å². The molecule has 1 atom stereocenters. The Hall–Kier alpha value is -1.75. The zero-order valence-corrected chi connectivity index (χ0v) is 9.23. The Morgan fingerprint density at radius 1 is 1.29 bits per heavy atom. The van der Waals surface area contributed by atoms with Crippen LogP contribution in [0.25, 0.3) is 0 Å². The third kappa shape index (κ3) is 3.96. The van der Waals surface area contributed by atoms with Crippen molar-refractivity contribution < 1.29 is 19.1 Å². The van der Waals surface area contributed by atoms with Crippen LogP contribution < -0.4 is 5.73 Å². The second-order valence-corrected chi connectivity index (χ2v) is 3.74. The first-order valence-electron chi connectivity index (χ1n) is 5.26. The molecule has 0 aliphatic rings. The SMILES string of the molecule is NCCC(CC(=O)O)C(=O)c1ccc(F)cc1. The Bertz CT molecular complexity index is 403. The number of hydrogen-bond acceptors (Lipinski definition) is 3. The molecule has 5 heteroatoms. The van der Waals surface area contributed by atoms with Crippen molar-refractivity contribution in [1.29, 1.82) is 0 Å². The highest BCUT2D eigenvalue weighted by atomic mass is 19.1. The van der Waals surface area contributed by atoms with Crippen LogP contribution in [-0.2, 0) is 4.79 Å². The summed E-state index contributed by atoms with van der Waals surface area (Å²) in [6.07, 6.45) is 0.0515. The van der Waals surface area contributed by atoms with E-state index in [1.54, 1.807) is 0 Å². The van der Waals surface area contributed by atoms with Crippen LogP contribution in [0.4, 0.5) is 4.39 Å². The number of carboxylic acids is 1. The van der Waals surface area contributed by atoms with E-state index >= 15 is 0 Å². The molecule has 17 heavy (non-hydrogen) atoms. The Morgan fingerprint density at radius 2 is 1.88 bits per heavy atom. The van der Waals surface area contributed by atoms with E-state index in [0.717, 1.165) is 0 Å². The van der Waals surface area contributed by atoms with Gasteiger partial charge in [0.05, 0.1) is 6.42 Å². The lowest BCUT2D eigenvalue weighted by molar-refractivity contribution is -0.137. The summed E-state index contributed by atoms with van der Waals surface area (Å²) in [4.78, 5) is 22.6. The maximum atomic E-state index is 12.7. The first-order valence-corrected chi connectivity index (χ1v) is 5.26. The van der Waals surface area contributed by atoms with Crippen LogP contribution in [0.15, 0.2) is 24.3 Å². The number of carbonyl (C=O) groups is 2. The molecule has 0 saturated heterocycles. The standard InChI is InChI=1S/C12H14FNO3/c13-10-3-1-8(2-4-10)12(17)9(5-6-14)7-11(15)16/h1-4,9H,5-7,14H2,(H,15,16). The van der Waals surface area contributed by atoms with Crippen molar-refractivity contribution in [3.8, 4) is 0 Å². The number of aliphatic carboxylic acids is 1. The van der Waals surface area contributed by atoms with E-state index in [2.05, 4.69) is 0 Å². The Balaban J connectivity index is 2.83. The van der Waals surface area contributed by atoms with Crippen LogP contribution in [-0.4, -0.2) is 23.4 Å². The number of carbonyl (C=O) groups excluding carboxylic acids is 1. The van der Waals surface area contributed by atoms with Crippen LogP contribution >= 0.6 is 0 Å².